The van der Waals surface area contributed by atoms with Crippen molar-refractivity contribution >= 4 is 34.8 Å². The van der Waals surface area contributed by atoms with Crippen molar-refractivity contribution in [2.24, 2.45) is 0 Å². The molecule has 1 heterocycles. The summed E-state index contributed by atoms with van der Waals surface area (Å²) in [7, 11) is 0. The molecule has 124 valence electrons. The van der Waals surface area contributed by atoms with Crippen molar-refractivity contribution in [2.45, 2.75) is 26.2 Å². The van der Waals surface area contributed by atoms with Crippen LogP contribution >= 0.6 is 11.6 Å². The van der Waals surface area contributed by atoms with Crippen LogP contribution in [0.1, 0.15) is 24.0 Å². The molecular weight excluding hydrogens is 324 g/mol. The third-order valence-electron chi connectivity index (χ3n) is 4.11. The van der Waals surface area contributed by atoms with Crippen LogP contribution in [0.5, 0.6) is 0 Å². The number of anilines is 2. The Morgan fingerprint density at radius 3 is 2.79 bits per heavy atom. The summed E-state index contributed by atoms with van der Waals surface area (Å²) in [4.78, 5) is 26.0. The zero-order valence-electron chi connectivity index (χ0n) is 13.5. The third-order valence-corrected chi connectivity index (χ3v) is 4.35. The topological polar surface area (TPSA) is 49.4 Å². The van der Waals surface area contributed by atoms with Crippen LogP contribution in [0.4, 0.5) is 11.4 Å². The number of rotatable bonds is 4. The number of aryl methyl sites for hydroxylation is 1. The Labute approximate surface area is 146 Å². The molecule has 0 atom stereocenters. The monoisotopic (exact) mass is 342 g/mol. The molecule has 0 spiro atoms. The average molecular weight is 343 g/mol. The first-order chi connectivity index (χ1) is 11.5. The highest BCUT2D eigenvalue weighted by atomic mass is 35.5. The normalized spacial score (nSPS) is 14.1. The molecule has 0 aromatic heterocycles. The first-order valence-corrected chi connectivity index (χ1v) is 8.36. The number of nitrogens with zero attached hydrogens (tertiary/aromatic N) is 1. The van der Waals surface area contributed by atoms with E-state index in [0.717, 1.165) is 29.8 Å². The molecule has 24 heavy (non-hydrogen) atoms. The third kappa shape index (κ3) is 3.77. The lowest BCUT2D eigenvalue weighted by Gasteiger charge is -2.19. The second-order valence-electron chi connectivity index (χ2n) is 6.01. The minimum atomic E-state index is -0.111. The fraction of sp³-hybridized carbons (Fsp3) is 0.263. The number of hydrogen-bond donors (Lipinski definition) is 1. The van der Waals surface area contributed by atoms with Crippen LogP contribution < -0.4 is 10.2 Å². The minimum Gasteiger partial charge on any atom is -0.326 e. The number of hydrogen-bond acceptors (Lipinski definition) is 2. The molecule has 1 aliphatic rings. The number of halogens is 1. The van der Waals surface area contributed by atoms with Crippen molar-refractivity contribution < 1.29 is 9.59 Å². The molecular formula is C19H19ClN2O2. The van der Waals surface area contributed by atoms with Gasteiger partial charge in [0, 0.05) is 29.4 Å². The standard InChI is InChI=1S/C19H19ClN2O2/c1-13-7-8-16(12-17(13)22-9-3-6-19(22)24)21-18(23)11-14-4-2-5-15(20)10-14/h2,4-5,7-8,10,12H,3,6,9,11H2,1H3,(H,21,23). The average Bonchev–Trinajstić information content (AvgIpc) is 2.95. The molecule has 2 aromatic carbocycles. The quantitative estimate of drug-likeness (QED) is 0.914. The van der Waals surface area contributed by atoms with Gasteiger partial charge in [-0.25, -0.2) is 0 Å². The zero-order chi connectivity index (χ0) is 17.1. The summed E-state index contributed by atoms with van der Waals surface area (Å²) in [6, 6.07) is 12.9. The Balaban J connectivity index is 1.73. The molecule has 2 aromatic rings. The van der Waals surface area contributed by atoms with Crippen LogP contribution in [0.2, 0.25) is 5.02 Å². The number of benzene rings is 2. The van der Waals surface area contributed by atoms with Gasteiger partial charge >= 0.3 is 0 Å². The predicted molar refractivity (Wildman–Crippen MR) is 96.6 cm³/mol. The van der Waals surface area contributed by atoms with E-state index in [4.69, 9.17) is 11.6 Å². The molecule has 0 unspecified atom stereocenters. The molecule has 1 N–H and O–H groups in total. The van der Waals surface area contributed by atoms with Gasteiger partial charge < -0.3 is 10.2 Å². The SMILES string of the molecule is Cc1ccc(NC(=O)Cc2cccc(Cl)c2)cc1N1CCCC1=O. The summed E-state index contributed by atoms with van der Waals surface area (Å²) in [6.45, 7) is 2.71. The van der Waals surface area contributed by atoms with Crippen molar-refractivity contribution in [1.29, 1.82) is 0 Å². The van der Waals surface area contributed by atoms with Crippen LogP contribution in [0, 0.1) is 6.92 Å². The summed E-state index contributed by atoms with van der Waals surface area (Å²) in [5.41, 5.74) is 3.46. The van der Waals surface area contributed by atoms with Crippen LogP contribution in [0.25, 0.3) is 0 Å². The lowest BCUT2D eigenvalue weighted by atomic mass is 10.1. The van der Waals surface area contributed by atoms with Crippen LogP contribution in [0.15, 0.2) is 42.5 Å². The van der Waals surface area contributed by atoms with E-state index in [-0.39, 0.29) is 18.2 Å². The molecule has 0 aliphatic carbocycles. The van der Waals surface area contributed by atoms with Crippen molar-refractivity contribution in [3.63, 3.8) is 0 Å². The van der Waals surface area contributed by atoms with E-state index in [1.807, 2.05) is 37.3 Å². The van der Waals surface area contributed by atoms with E-state index in [1.54, 1.807) is 17.0 Å². The lowest BCUT2D eigenvalue weighted by Crippen LogP contribution is -2.24. The van der Waals surface area contributed by atoms with Crippen LogP contribution in [-0.4, -0.2) is 18.4 Å². The molecule has 2 amide bonds. The molecule has 1 fully saturated rings. The van der Waals surface area contributed by atoms with Gasteiger partial charge in [0.15, 0.2) is 0 Å². The van der Waals surface area contributed by atoms with E-state index >= 15 is 0 Å². The molecule has 4 nitrogen and oxygen atoms in total. The smallest absolute Gasteiger partial charge is 0.228 e. The largest absolute Gasteiger partial charge is 0.326 e. The molecule has 0 saturated carbocycles. The molecule has 1 aliphatic heterocycles. The van der Waals surface area contributed by atoms with E-state index < -0.39 is 0 Å². The van der Waals surface area contributed by atoms with E-state index in [0.29, 0.717) is 17.1 Å². The van der Waals surface area contributed by atoms with E-state index in [9.17, 15) is 9.59 Å². The van der Waals surface area contributed by atoms with E-state index in [1.165, 1.54) is 0 Å². The number of carbonyl (C=O) groups excluding carboxylic acids is 2. The Bertz CT molecular complexity index is 789. The van der Waals surface area contributed by atoms with Gasteiger partial charge in [-0.05, 0) is 48.7 Å². The molecule has 5 heteroatoms. The zero-order valence-corrected chi connectivity index (χ0v) is 14.3. The minimum absolute atomic E-state index is 0.111. The van der Waals surface area contributed by atoms with Gasteiger partial charge in [0.25, 0.3) is 0 Å². The van der Waals surface area contributed by atoms with Crippen molar-refractivity contribution in [1.82, 2.24) is 0 Å². The fourth-order valence-electron chi connectivity index (χ4n) is 2.92. The lowest BCUT2D eigenvalue weighted by molar-refractivity contribution is -0.117. The summed E-state index contributed by atoms with van der Waals surface area (Å²) >= 11 is 5.94. The fourth-order valence-corrected chi connectivity index (χ4v) is 3.13. The Morgan fingerprint density at radius 2 is 2.08 bits per heavy atom. The van der Waals surface area contributed by atoms with Crippen molar-refractivity contribution in [3.05, 3.63) is 58.6 Å². The second kappa shape index (κ2) is 7.05. The van der Waals surface area contributed by atoms with Gasteiger partial charge in [0.05, 0.1) is 6.42 Å². The molecule has 0 radical (unpaired) electrons. The Kier molecular flexibility index (Phi) is 4.86. The summed E-state index contributed by atoms with van der Waals surface area (Å²) in [5.74, 6) is 0.0281. The highest BCUT2D eigenvalue weighted by molar-refractivity contribution is 6.30. The van der Waals surface area contributed by atoms with Gasteiger partial charge in [-0.1, -0.05) is 29.8 Å². The van der Waals surface area contributed by atoms with Crippen molar-refractivity contribution in [3.8, 4) is 0 Å². The second-order valence-corrected chi connectivity index (χ2v) is 6.44. The first-order valence-electron chi connectivity index (χ1n) is 7.98. The predicted octanol–water partition coefficient (Wildman–Crippen LogP) is 3.96. The highest BCUT2D eigenvalue weighted by Gasteiger charge is 2.23. The molecule has 1 saturated heterocycles. The maximum absolute atomic E-state index is 12.2. The Hall–Kier alpha value is -2.33. The number of carbonyl (C=O) groups is 2. The number of amides is 2. The highest BCUT2D eigenvalue weighted by Crippen LogP contribution is 2.28. The maximum atomic E-state index is 12.2. The number of nitrogens with one attached hydrogen (secondary N) is 1. The van der Waals surface area contributed by atoms with Gasteiger partial charge in [-0.2, -0.15) is 0 Å². The summed E-state index contributed by atoms with van der Waals surface area (Å²) in [5, 5.41) is 3.51. The van der Waals surface area contributed by atoms with Crippen molar-refractivity contribution in [2.75, 3.05) is 16.8 Å². The van der Waals surface area contributed by atoms with Crippen LogP contribution in [-0.2, 0) is 16.0 Å². The van der Waals surface area contributed by atoms with E-state index in [2.05, 4.69) is 5.32 Å². The maximum Gasteiger partial charge on any atom is 0.228 e. The van der Waals surface area contributed by atoms with Gasteiger partial charge in [-0.15, -0.1) is 0 Å². The Morgan fingerprint density at radius 1 is 1.25 bits per heavy atom. The van der Waals surface area contributed by atoms with Gasteiger partial charge in [-0.3, -0.25) is 9.59 Å². The van der Waals surface area contributed by atoms with Crippen LogP contribution in [0.3, 0.4) is 0 Å². The molecule has 0 bridgehead atoms. The first kappa shape index (κ1) is 16.5. The molecule has 3 rings (SSSR count). The van der Waals surface area contributed by atoms with Gasteiger partial charge in [0.2, 0.25) is 11.8 Å². The summed E-state index contributed by atoms with van der Waals surface area (Å²) in [6.07, 6.45) is 1.72. The van der Waals surface area contributed by atoms with Gasteiger partial charge in [0.1, 0.15) is 0 Å². The summed E-state index contributed by atoms with van der Waals surface area (Å²) < 4.78 is 0.